The summed E-state index contributed by atoms with van der Waals surface area (Å²) in [5.74, 6) is 1.40. The fourth-order valence-corrected chi connectivity index (χ4v) is 2.20. The van der Waals surface area contributed by atoms with E-state index >= 15 is 0 Å². The Bertz CT molecular complexity index is 548. The van der Waals surface area contributed by atoms with Crippen LogP contribution in [0.1, 0.15) is 18.3 Å². The average Bonchev–Trinajstić information content (AvgIpc) is 2.30. The third-order valence-corrected chi connectivity index (χ3v) is 3.69. The minimum atomic E-state index is -3.17. The van der Waals surface area contributed by atoms with Crippen LogP contribution in [-0.4, -0.2) is 44.8 Å². The van der Waals surface area contributed by atoms with Crippen molar-refractivity contribution < 1.29 is 8.42 Å². The Morgan fingerprint density at radius 1 is 1.37 bits per heavy atom. The molecule has 0 aromatic carbocycles. The minimum Gasteiger partial charge on any atom is -0.358 e. The van der Waals surface area contributed by atoms with E-state index in [9.17, 15) is 8.42 Å². The molecule has 1 N–H and O–H groups in total. The first-order chi connectivity index (χ1) is 8.74. The summed E-state index contributed by atoms with van der Waals surface area (Å²) in [5.41, 5.74) is 0.792. The first-order valence-electron chi connectivity index (χ1n) is 5.93. The summed E-state index contributed by atoms with van der Waals surface area (Å²) in [7, 11) is -1.33. The maximum atomic E-state index is 11.0. The van der Waals surface area contributed by atoms with Gasteiger partial charge in [-0.3, -0.25) is 0 Å². The quantitative estimate of drug-likeness (QED) is 0.793. The van der Waals surface area contributed by atoms with Crippen LogP contribution >= 0.6 is 11.6 Å². The van der Waals surface area contributed by atoms with Crippen molar-refractivity contribution in [1.82, 2.24) is 14.7 Å². The number of nitrogens with zero attached hydrogens (tertiary/aromatic N) is 3. The number of hydrogen-bond donors (Lipinski definition) is 1. The number of hydrogen-bond acceptors (Lipinski definition) is 5. The molecule has 108 valence electrons. The first kappa shape index (κ1) is 16.1. The van der Waals surface area contributed by atoms with E-state index in [0.29, 0.717) is 30.5 Å². The molecule has 0 aliphatic carbocycles. The Morgan fingerprint density at radius 3 is 2.53 bits per heavy atom. The topological polar surface area (TPSA) is 75.2 Å². The molecule has 0 bridgehead atoms. The third-order valence-electron chi connectivity index (χ3n) is 2.60. The third kappa shape index (κ3) is 4.93. The molecule has 0 aliphatic rings. The Kier molecular flexibility index (Phi) is 5.51. The number of halogens is 1. The molecule has 19 heavy (non-hydrogen) atoms. The standard InChI is InChI=1S/C11H19ClN4O2S/c1-5-9-14-10(12)8(2)11(15-9)16(3)7-6-13-19(4,17)18/h13H,5-7H2,1-4H3. The lowest BCUT2D eigenvalue weighted by molar-refractivity contribution is 0.587. The van der Waals surface area contributed by atoms with Gasteiger partial charge >= 0.3 is 0 Å². The molecule has 0 radical (unpaired) electrons. The van der Waals surface area contributed by atoms with Gasteiger partial charge in [-0.2, -0.15) is 0 Å². The largest absolute Gasteiger partial charge is 0.358 e. The van der Waals surface area contributed by atoms with Gasteiger partial charge in [-0.25, -0.2) is 23.1 Å². The fourth-order valence-electron chi connectivity index (χ4n) is 1.55. The zero-order valence-corrected chi connectivity index (χ0v) is 13.1. The highest BCUT2D eigenvalue weighted by molar-refractivity contribution is 7.88. The number of rotatable bonds is 6. The van der Waals surface area contributed by atoms with Gasteiger partial charge in [-0.1, -0.05) is 18.5 Å². The van der Waals surface area contributed by atoms with Crippen LogP contribution in [0.5, 0.6) is 0 Å². The van der Waals surface area contributed by atoms with E-state index in [1.807, 2.05) is 25.8 Å². The Hall–Kier alpha value is -0.920. The lowest BCUT2D eigenvalue weighted by atomic mass is 10.3. The molecular weight excluding hydrogens is 288 g/mol. The van der Waals surface area contributed by atoms with E-state index < -0.39 is 10.0 Å². The molecule has 0 atom stereocenters. The predicted molar refractivity (Wildman–Crippen MR) is 77.3 cm³/mol. The maximum Gasteiger partial charge on any atom is 0.208 e. The van der Waals surface area contributed by atoms with Gasteiger partial charge in [0.25, 0.3) is 0 Å². The van der Waals surface area contributed by atoms with Crippen LogP contribution in [0.15, 0.2) is 0 Å². The molecule has 0 unspecified atom stereocenters. The molecule has 6 nitrogen and oxygen atoms in total. The number of aromatic nitrogens is 2. The number of anilines is 1. The highest BCUT2D eigenvalue weighted by Gasteiger charge is 2.12. The van der Waals surface area contributed by atoms with Crippen molar-refractivity contribution in [2.75, 3.05) is 31.3 Å². The van der Waals surface area contributed by atoms with Gasteiger partial charge in [-0.05, 0) is 6.92 Å². The van der Waals surface area contributed by atoms with Crippen molar-refractivity contribution in [3.8, 4) is 0 Å². The Balaban J connectivity index is 2.81. The molecule has 1 aromatic rings. The lowest BCUT2D eigenvalue weighted by Crippen LogP contribution is -2.33. The molecule has 0 saturated heterocycles. The smallest absolute Gasteiger partial charge is 0.208 e. The van der Waals surface area contributed by atoms with Crippen LogP contribution in [0.3, 0.4) is 0 Å². The summed E-state index contributed by atoms with van der Waals surface area (Å²) in [6, 6.07) is 0. The van der Waals surface area contributed by atoms with Gasteiger partial charge in [0.2, 0.25) is 10.0 Å². The molecule has 0 spiro atoms. The summed E-state index contributed by atoms with van der Waals surface area (Å²) in [4.78, 5) is 10.5. The average molecular weight is 307 g/mol. The van der Waals surface area contributed by atoms with Crippen molar-refractivity contribution in [3.63, 3.8) is 0 Å². The summed E-state index contributed by atoms with van der Waals surface area (Å²) >= 11 is 6.06. The van der Waals surface area contributed by atoms with Gasteiger partial charge in [-0.15, -0.1) is 0 Å². The Labute approximate surface area is 119 Å². The van der Waals surface area contributed by atoms with Gasteiger partial charge in [0.1, 0.15) is 16.8 Å². The van der Waals surface area contributed by atoms with Crippen LogP contribution in [0.2, 0.25) is 5.15 Å². The van der Waals surface area contributed by atoms with Crippen LogP contribution in [0, 0.1) is 6.92 Å². The monoisotopic (exact) mass is 306 g/mol. The lowest BCUT2D eigenvalue weighted by Gasteiger charge is -2.21. The molecular formula is C11H19ClN4O2S. The molecule has 0 saturated carbocycles. The highest BCUT2D eigenvalue weighted by atomic mass is 35.5. The number of nitrogens with one attached hydrogen (secondary N) is 1. The van der Waals surface area contributed by atoms with E-state index in [4.69, 9.17) is 11.6 Å². The summed E-state index contributed by atoms with van der Waals surface area (Å²) in [6.45, 7) is 4.62. The number of likely N-dealkylation sites (N-methyl/N-ethyl adjacent to an activating group) is 1. The second kappa shape index (κ2) is 6.49. The summed E-state index contributed by atoms with van der Waals surface area (Å²) in [6.07, 6.45) is 1.83. The van der Waals surface area contributed by atoms with Crippen molar-refractivity contribution in [1.29, 1.82) is 0 Å². The molecule has 0 amide bonds. The zero-order chi connectivity index (χ0) is 14.6. The van der Waals surface area contributed by atoms with Crippen molar-refractivity contribution in [2.24, 2.45) is 0 Å². The summed E-state index contributed by atoms with van der Waals surface area (Å²) < 4.78 is 24.4. The van der Waals surface area contributed by atoms with E-state index in [-0.39, 0.29) is 0 Å². The predicted octanol–water partition coefficient (Wildman–Crippen LogP) is 0.986. The molecule has 0 fully saturated rings. The molecule has 1 heterocycles. The minimum absolute atomic E-state index is 0.317. The van der Waals surface area contributed by atoms with Gasteiger partial charge in [0.05, 0.1) is 6.26 Å². The molecule has 8 heteroatoms. The van der Waals surface area contributed by atoms with E-state index in [1.165, 1.54) is 0 Å². The van der Waals surface area contributed by atoms with Crippen molar-refractivity contribution in [3.05, 3.63) is 16.5 Å². The maximum absolute atomic E-state index is 11.0. The second-order valence-electron chi connectivity index (χ2n) is 4.32. The van der Waals surface area contributed by atoms with Gasteiger partial charge < -0.3 is 4.90 Å². The molecule has 1 aromatic heterocycles. The first-order valence-corrected chi connectivity index (χ1v) is 8.20. The number of sulfonamides is 1. The molecule has 1 rings (SSSR count). The van der Waals surface area contributed by atoms with E-state index in [0.717, 1.165) is 17.6 Å². The van der Waals surface area contributed by atoms with Crippen LogP contribution in [0.4, 0.5) is 5.82 Å². The van der Waals surface area contributed by atoms with E-state index in [2.05, 4.69) is 14.7 Å². The van der Waals surface area contributed by atoms with Gasteiger partial charge in [0.15, 0.2) is 0 Å². The highest BCUT2D eigenvalue weighted by Crippen LogP contribution is 2.22. The van der Waals surface area contributed by atoms with Crippen molar-refractivity contribution in [2.45, 2.75) is 20.3 Å². The normalized spacial score (nSPS) is 11.6. The van der Waals surface area contributed by atoms with Gasteiger partial charge in [0, 0.05) is 32.1 Å². The Morgan fingerprint density at radius 2 is 2.00 bits per heavy atom. The second-order valence-corrected chi connectivity index (χ2v) is 6.51. The zero-order valence-electron chi connectivity index (χ0n) is 11.6. The van der Waals surface area contributed by atoms with E-state index in [1.54, 1.807) is 0 Å². The van der Waals surface area contributed by atoms with Crippen molar-refractivity contribution >= 4 is 27.4 Å². The summed E-state index contributed by atoms with van der Waals surface area (Å²) in [5, 5.41) is 0.435. The number of aryl methyl sites for hydroxylation is 1. The van der Waals surface area contributed by atoms with Crippen LogP contribution in [-0.2, 0) is 16.4 Å². The molecule has 0 aliphatic heterocycles. The SMILES string of the molecule is CCc1nc(Cl)c(C)c(N(C)CCNS(C)(=O)=O)n1. The van der Waals surface area contributed by atoms with Crippen LogP contribution < -0.4 is 9.62 Å². The van der Waals surface area contributed by atoms with Crippen LogP contribution in [0.25, 0.3) is 0 Å². The fraction of sp³-hybridized carbons (Fsp3) is 0.636.